The van der Waals surface area contributed by atoms with E-state index in [1.807, 2.05) is 88.4 Å². The molecule has 0 aliphatic heterocycles. The van der Waals surface area contributed by atoms with E-state index in [1.54, 1.807) is 0 Å². The summed E-state index contributed by atoms with van der Waals surface area (Å²) in [6.45, 7) is 13.1. The van der Waals surface area contributed by atoms with E-state index in [2.05, 4.69) is 35.1 Å². The van der Waals surface area contributed by atoms with Crippen LogP contribution in [0.4, 0.5) is 21.0 Å². The number of hydrogen-bond acceptors (Lipinski definition) is 6. The van der Waals surface area contributed by atoms with Crippen LogP contribution >= 0.6 is 0 Å². The van der Waals surface area contributed by atoms with Crippen LogP contribution in [0.5, 0.6) is 0 Å². The van der Waals surface area contributed by atoms with Gasteiger partial charge >= 0.3 is 12.2 Å². The van der Waals surface area contributed by atoms with E-state index in [0.717, 1.165) is 62.5 Å². The topological polar surface area (TPSA) is 135 Å². The monoisotopic (exact) mass is 973 g/mol. The molecule has 10 nitrogen and oxygen atoms in total. The van der Waals surface area contributed by atoms with Gasteiger partial charge in [0.25, 0.3) is 0 Å². The van der Waals surface area contributed by atoms with Gasteiger partial charge < -0.3 is 30.7 Å². The van der Waals surface area contributed by atoms with E-state index in [0.29, 0.717) is 24.6 Å². The fourth-order valence-electron chi connectivity index (χ4n) is 8.65. The van der Waals surface area contributed by atoms with Gasteiger partial charge in [-0.3, -0.25) is 9.59 Å². The number of ether oxygens (including phenoxy) is 2. The minimum absolute atomic E-state index is 0.0780. The standard InChI is InChI=1S/C60H100N4O6/c1-7-11-13-15-17-19-21-23-25-27-29-31-33-35-47-69-59(67)63-55(49(5)9-3)57(65)61-53-43-39-51(40-44-53)37-38-52-41-45-54(46-42-52)62-58(66)56(50(6)10-4)64-60(68)70-48-36-34-32-30-28-26-24-22-20-18-16-14-12-8-2/h37-46,49-50,55-56H,7-36,47-48H2,1-6H3,(H,61,65)(H,62,66)(H,63,67)(H,64,68)/b38-37+/t49-,50-,55-,56-/m0/s1. The highest BCUT2D eigenvalue weighted by Gasteiger charge is 2.28. The number of benzene rings is 2. The molecule has 0 bridgehead atoms. The molecule has 0 aliphatic carbocycles. The molecule has 4 amide bonds. The van der Waals surface area contributed by atoms with Crippen LogP contribution in [0.2, 0.25) is 0 Å². The molecule has 2 aromatic rings. The van der Waals surface area contributed by atoms with Crippen molar-refractivity contribution in [2.75, 3.05) is 23.8 Å². The first kappa shape index (κ1) is 61.8. The van der Waals surface area contributed by atoms with Gasteiger partial charge in [-0.15, -0.1) is 0 Å². The van der Waals surface area contributed by atoms with Crippen LogP contribution in [0.25, 0.3) is 12.2 Å². The SMILES string of the molecule is CCCCCCCCCCCCCCCCOC(=O)N[C@H](C(=O)Nc1ccc(/C=C/c2ccc(NC(=O)[C@@H](NC(=O)OCCCCCCCCCCCCCCCC)[C@@H](C)CC)cc2)cc1)[C@@H](C)CC. The maximum atomic E-state index is 13.4. The average Bonchev–Trinajstić information content (AvgIpc) is 3.36. The Hall–Kier alpha value is -4.34. The van der Waals surface area contributed by atoms with Crippen molar-refractivity contribution in [1.82, 2.24) is 10.6 Å². The Morgan fingerprint density at radius 3 is 0.914 bits per heavy atom. The number of unbranched alkanes of at least 4 members (excludes halogenated alkanes) is 26. The summed E-state index contributed by atoms with van der Waals surface area (Å²) in [5, 5.41) is 11.6. The molecule has 70 heavy (non-hydrogen) atoms. The number of alkyl carbamates (subject to hydrolysis) is 2. The minimum atomic E-state index is -0.719. The molecule has 0 saturated heterocycles. The van der Waals surface area contributed by atoms with Crippen molar-refractivity contribution in [3.8, 4) is 0 Å². The first-order valence-corrected chi connectivity index (χ1v) is 28.5. The molecule has 0 radical (unpaired) electrons. The molecule has 0 aliphatic rings. The first-order valence-electron chi connectivity index (χ1n) is 28.5. The Labute approximate surface area is 426 Å². The molecule has 4 N–H and O–H groups in total. The number of anilines is 2. The fraction of sp³-hybridized carbons (Fsp3) is 0.700. The van der Waals surface area contributed by atoms with Crippen molar-refractivity contribution in [2.45, 2.75) is 246 Å². The Kier molecular flexibility index (Phi) is 36.4. The van der Waals surface area contributed by atoms with Gasteiger partial charge in [-0.1, -0.05) is 258 Å². The van der Waals surface area contributed by atoms with E-state index in [4.69, 9.17) is 9.47 Å². The van der Waals surface area contributed by atoms with Crippen molar-refractivity contribution in [3.05, 3.63) is 59.7 Å². The van der Waals surface area contributed by atoms with E-state index in [9.17, 15) is 19.2 Å². The Morgan fingerprint density at radius 2 is 0.657 bits per heavy atom. The van der Waals surface area contributed by atoms with Gasteiger partial charge in [-0.25, -0.2) is 9.59 Å². The highest BCUT2D eigenvalue weighted by atomic mass is 16.6. The summed E-state index contributed by atoms with van der Waals surface area (Å²) >= 11 is 0. The second-order valence-corrected chi connectivity index (χ2v) is 20.0. The molecule has 0 spiro atoms. The van der Waals surface area contributed by atoms with Crippen molar-refractivity contribution in [3.63, 3.8) is 0 Å². The summed E-state index contributed by atoms with van der Waals surface area (Å²) in [6, 6.07) is 13.6. The van der Waals surface area contributed by atoms with Gasteiger partial charge in [0.2, 0.25) is 11.8 Å². The van der Waals surface area contributed by atoms with Crippen molar-refractivity contribution in [2.24, 2.45) is 11.8 Å². The number of carbonyl (C=O) groups is 4. The zero-order valence-corrected chi connectivity index (χ0v) is 45.2. The molecule has 2 rings (SSSR count). The van der Waals surface area contributed by atoms with Gasteiger partial charge in [0.15, 0.2) is 0 Å². The molecule has 2 aromatic carbocycles. The summed E-state index contributed by atoms with van der Waals surface area (Å²) in [6.07, 6.45) is 39.8. The predicted molar refractivity (Wildman–Crippen MR) is 295 cm³/mol. The Bertz CT molecular complexity index is 1540. The Balaban J connectivity index is 1.70. The van der Waals surface area contributed by atoms with Crippen molar-refractivity contribution >= 4 is 47.5 Å². The molecule has 0 saturated carbocycles. The third-order valence-electron chi connectivity index (χ3n) is 13.8. The lowest BCUT2D eigenvalue weighted by atomic mass is 9.98. The smallest absolute Gasteiger partial charge is 0.407 e. The van der Waals surface area contributed by atoms with Crippen LogP contribution in [0, 0.1) is 11.8 Å². The molecular weight excluding hydrogens is 873 g/mol. The molecule has 4 atom stereocenters. The highest BCUT2D eigenvalue weighted by Crippen LogP contribution is 2.20. The van der Waals surface area contributed by atoms with Crippen LogP contribution in [-0.4, -0.2) is 49.3 Å². The molecule has 0 fully saturated rings. The third-order valence-corrected chi connectivity index (χ3v) is 13.8. The zero-order chi connectivity index (χ0) is 50.9. The summed E-state index contributed by atoms with van der Waals surface area (Å²) in [5.41, 5.74) is 3.16. The molecular formula is C60H100N4O6. The maximum Gasteiger partial charge on any atom is 0.407 e. The highest BCUT2D eigenvalue weighted by molar-refractivity contribution is 5.97. The minimum Gasteiger partial charge on any atom is -0.450 e. The summed E-state index contributed by atoms with van der Waals surface area (Å²) < 4.78 is 11.0. The largest absolute Gasteiger partial charge is 0.450 e. The Morgan fingerprint density at radius 1 is 0.400 bits per heavy atom. The number of amides is 4. The lowest BCUT2D eigenvalue weighted by molar-refractivity contribution is -0.119. The van der Waals surface area contributed by atoms with Gasteiger partial charge in [0, 0.05) is 11.4 Å². The predicted octanol–water partition coefficient (Wildman–Crippen LogP) is 17.0. The summed E-state index contributed by atoms with van der Waals surface area (Å²) in [7, 11) is 0. The molecule has 396 valence electrons. The quantitative estimate of drug-likeness (QED) is 0.0387. The van der Waals surface area contributed by atoms with Gasteiger partial charge in [0.05, 0.1) is 13.2 Å². The van der Waals surface area contributed by atoms with E-state index in [-0.39, 0.29) is 23.7 Å². The van der Waals surface area contributed by atoms with E-state index < -0.39 is 24.3 Å². The van der Waals surface area contributed by atoms with Crippen LogP contribution in [0.1, 0.15) is 245 Å². The zero-order valence-electron chi connectivity index (χ0n) is 45.2. The van der Waals surface area contributed by atoms with Gasteiger partial charge in [-0.2, -0.15) is 0 Å². The summed E-state index contributed by atoms with van der Waals surface area (Å²) in [4.78, 5) is 52.1. The van der Waals surface area contributed by atoms with Crippen LogP contribution < -0.4 is 21.3 Å². The fourth-order valence-corrected chi connectivity index (χ4v) is 8.65. The normalized spacial score (nSPS) is 13.1. The van der Waals surface area contributed by atoms with Gasteiger partial charge in [0.1, 0.15) is 12.1 Å². The second-order valence-electron chi connectivity index (χ2n) is 20.0. The molecule has 0 unspecified atom stereocenters. The van der Waals surface area contributed by atoms with Crippen LogP contribution in [0.15, 0.2) is 48.5 Å². The number of hydrogen-bond donors (Lipinski definition) is 4. The summed E-state index contributed by atoms with van der Waals surface area (Å²) in [5.74, 6) is -0.712. The first-order chi connectivity index (χ1) is 34.1. The second kappa shape index (κ2) is 41.3. The maximum absolute atomic E-state index is 13.4. The lowest BCUT2D eigenvalue weighted by Crippen LogP contribution is -2.48. The number of rotatable bonds is 42. The average molecular weight is 973 g/mol. The van der Waals surface area contributed by atoms with Gasteiger partial charge in [-0.05, 0) is 60.1 Å². The molecule has 10 heteroatoms. The van der Waals surface area contributed by atoms with Crippen LogP contribution in [0.3, 0.4) is 0 Å². The van der Waals surface area contributed by atoms with Crippen molar-refractivity contribution < 1.29 is 28.7 Å². The van der Waals surface area contributed by atoms with Crippen LogP contribution in [-0.2, 0) is 19.1 Å². The number of carbonyl (C=O) groups excluding carboxylic acids is 4. The van der Waals surface area contributed by atoms with E-state index >= 15 is 0 Å². The van der Waals surface area contributed by atoms with E-state index in [1.165, 1.54) is 141 Å². The lowest BCUT2D eigenvalue weighted by Gasteiger charge is -2.23. The van der Waals surface area contributed by atoms with Crippen molar-refractivity contribution in [1.29, 1.82) is 0 Å². The molecule has 0 aromatic heterocycles. The molecule has 0 heterocycles. The third kappa shape index (κ3) is 30.4. The number of nitrogens with one attached hydrogen (secondary N) is 4.